The van der Waals surface area contributed by atoms with Crippen molar-refractivity contribution in [2.45, 2.75) is 120 Å². The van der Waals surface area contributed by atoms with Crippen molar-refractivity contribution in [3.8, 4) is 0 Å². The molecule has 5 amide bonds. The number of carboxylic acids is 6. The van der Waals surface area contributed by atoms with Gasteiger partial charge in [0.25, 0.3) is 5.91 Å². The molecule has 4 unspecified atom stereocenters. The van der Waals surface area contributed by atoms with Crippen LogP contribution in [-0.4, -0.2) is 244 Å². The number of nitrogens with zero attached hydrogens (tertiary/aromatic N) is 4. The summed E-state index contributed by atoms with van der Waals surface area (Å²) in [6.45, 7) is 0.226. The number of aliphatic hydroxyl groups excluding tert-OH is 1. The number of aliphatic hydroxyl groups is 1. The zero-order chi connectivity index (χ0) is 59.8. The van der Waals surface area contributed by atoms with Gasteiger partial charge in [-0.3, -0.25) is 67.4 Å². The Morgan fingerprint density at radius 3 is 1.18 bits per heavy atom. The summed E-state index contributed by atoms with van der Waals surface area (Å²) in [4.78, 5) is 157. The first kappa shape index (κ1) is 71.9. The fraction of sp³-hybridized carbons (Fsp3) is 0.708. The van der Waals surface area contributed by atoms with Gasteiger partial charge in [-0.05, 0) is 64.2 Å². The first-order chi connectivity index (χ1) is 37.4. The van der Waals surface area contributed by atoms with Gasteiger partial charge in [-0.1, -0.05) is 13.5 Å². The molecule has 0 aliphatic heterocycles. The van der Waals surface area contributed by atoms with Crippen molar-refractivity contribution >= 4 is 71.6 Å². The minimum Gasteiger partial charge on any atom is -0.512 e. The van der Waals surface area contributed by atoms with E-state index in [4.69, 9.17) is 29.5 Å². The second-order valence-electron chi connectivity index (χ2n) is 18.2. The number of nitrogens with one attached hydrogen (secondary N) is 4. The van der Waals surface area contributed by atoms with Crippen LogP contribution in [0.15, 0.2) is 17.5 Å². The predicted octanol–water partition coefficient (Wildman–Crippen LogP) is -1.20. The van der Waals surface area contributed by atoms with Crippen LogP contribution in [0.2, 0.25) is 0 Å². The molecule has 0 aliphatic carbocycles. The second kappa shape index (κ2) is 42.0. The molecular formula is C48H78N8O23. The van der Waals surface area contributed by atoms with Gasteiger partial charge in [0.15, 0.2) is 0 Å². The van der Waals surface area contributed by atoms with E-state index in [1.165, 1.54) is 4.90 Å². The summed E-state index contributed by atoms with van der Waals surface area (Å²) < 4.78 is 17.6. The van der Waals surface area contributed by atoms with Gasteiger partial charge in [0.2, 0.25) is 23.6 Å². The van der Waals surface area contributed by atoms with E-state index in [1.54, 1.807) is 6.92 Å². The smallest absolute Gasteiger partial charge is 0.320 e. The molecule has 31 nitrogen and oxygen atoms in total. The number of unbranched alkanes of at least 4 members (excludes halogenated alkanes) is 3. The van der Waals surface area contributed by atoms with Crippen LogP contribution >= 0.6 is 0 Å². The topological polar surface area (TPSA) is 461 Å². The van der Waals surface area contributed by atoms with E-state index in [-0.39, 0.29) is 149 Å². The minimum atomic E-state index is -1.45. The van der Waals surface area contributed by atoms with Gasteiger partial charge in [0.05, 0.1) is 84.7 Å². The summed E-state index contributed by atoms with van der Waals surface area (Å²) in [5.74, 6) is -11.7. The Morgan fingerprint density at radius 1 is 0.519 bits per heavy atom. The highest BCUT2D eigenvalue weighted by Gasteiger charge is 2.35. The molecule has 0 aromatic heterocycles. The molecule has 0 aromatic carbocycles. The van der Waals surface area contributed by atoms with E-state index in [1.807, 2.05) is 0 Å². The Bertz CT molecular complexity index is 2000. The van der Waals surface area contributed by atoms with Gasteiger partial charge in [0, 0.05) is 50.5 Å². The van der Waals surface area contributed by atoms with Gasteiger partial charge in [-0.15, -0.1) is 4.91 Å². The van der Waals surface area contributed by atoms with Crippen molar-refractivity contribution in [2.24, 2.45) is 5.18 Å². The number of carboxylic acid groups (broad SMARTS) is 6. The van der Waals surface area contributed by atoms with E-state index >= 15 is 0 Å². The maximum Gasteiger partial charge on any atom is 0.320 e. The van der Waals surface area contributed by atoms with Crippen molar-refractivity contribution in [3.63, 3.8) is 0 Å². The molecule has 0 saturated carbocycles. The third-order valence-corrected chi connectivity index (χ3v) is 11.4. The summed E-state index contributed by atoms with van der Waals surface area (Å²) in [5, 5.41) is 78.9. The molecular weight excluding hydrogens is 1060 g/mol. The molecule has 0 rings (SSSR count). The zero-order valence-electron chi connectivity index (χ0n) is 44.5. The Morgan fingerprint density at radius 2 is 0.873 bits per heavy atom. The summed E-state index contributed by atoms with van der Waals surface area (Å²) >= 11 is 0. The molecule has 0 aliphatic rings. The Kier molecular flexibility index (Phi) is 38.2. The lowest BCUT2D eigenvalue weighted by Crippen LogP contribution is -2.58. The molecule has 79 heavy (non-hydrogen) atoms. The van der Waals surface area contributed by atoms with Gasteiger partial charge in [-0.25, -0.2) is 0 Å². The van der Waals surface area contributed by atoms with E-state index in [2.05, 4.69) is 33.0 Å². The lowest BCUT2D eigenvalue weighted by atomic mass is 10.0. The van der Waals surface area contributed by atoms with Crippen molar-refractivity contribution < 1.29 is 107 Å². The Labute approximate surface area is 455 Å². The third kappa shape index (κ3) is 35.1. The minimum absolute atomic E-state index is 0.0667. The van der Waals surface area contributed by atoms with E-state index in [0.29, 0.717) is 25.5 Å². The fourth-order valence-corrected chi connectivity index (χ4v) is 7.75. The number of amides is 5. The van der Waals surface area contributed by atoms with Crippen LogP contribution in [0.1, 0.15) is 96.8 Å². The highest BCUT2D eigenvalue weighted by molar-refractivity contribution is 5.82. The quantitative estimate of drug-likeness (QED) is 0.0148. The number of rotatable bonds is 51. The van der Waals surface area contributed by atoms with Crippen LogP contribution in [0.25, 0.3) is 0 Å². The SMILES string of the molecule is C=C(O)CN(CC=O)C(CCCCNC(=O)CCOCC(COCCC(=O)NCCCCC(C(=O)O)N(CC(=O)O)CC(=O)O)(COCCC(=O)NCCCCC(C(=O)O)N(CC(=O)O)CC(=O)N=O)NC(=O)CCC)C(=O)O. The third-order valence-electron chi connectivity index (χ3n) is 11.4. The number of ether oxygens (including phenoxy) is 3. The van der Waals surface area contributed by atoms with Crippen LogP contribution in [-0.2, 0) is 71.7 Å². The van der Waals surface area contributed by atoms with E-state index in [0.717, 1.165) is 9.80 Å². The van der Waals surface area contributed by atoms with Crippen molar-refractivity contribution in [3.05, 3.63) is 17.2 Å². The lowest BCUT2D eigenvalue weighted by Gasteiger charge is -2.34. The first-order valence-corrected chi connectivity index (χ1v) is 25.5. The normalized spacial score (nSPS) is 13.1. The van der Waals surface area contributed by atoms with Crippen molar-refractivity contribution in [1.29, 1.82) is 0 Å². The number of carbonyl (C=O) groups excluding carboxylic acids is 6. The van der Waals surface area contributed by atoms with E-state index in [9.17, 15) is 82.9 Å². The fourth-order valence-electron chi connectivity index (χ4n) is 7.75. The van der Waals surface area contributed by atoms with Gasteiger partial charge in [0.1, 0.15) is 30.0 Å². The number of aliphatic carboxylic acids is 6. The molecule has 0 saturated heterocycles. The number of hydrogen-bond acceptors (Lipinski definition) is 20. The molecule has 0 spiro atoms. The highest BCUT2D eigenvalue weighted by atomic mass is 16.5. The average Bonchev–Trinajstić information content (AvgIpc) is 3.35. The number of nitroso groups, excluding NO2 is 1. The summed E-state index contributed by atoms with van der Waals surface area (Å²) in [6, 6.07) is -3.93. The average molecular weight is 1140 g/mol. The van der Waals surface area contributed by atoms with Crippen LogP contribution in [0.4, 0.5) is 0 Å². The zero-order valence-corrected chi connectivity index (χ0v) is 44.5. The summed E-state index contributed by atoms with van der Waals surface area (Å²) in [6.07, 6.45) is 1.92. The van der Waals surface area contributed by atoms with Crippen LogP contribution in [0.3, 0.4) is 0 Å². The lowest BCUT2D eigenvalue weighted by molar-refractivity contribution is -0.151. The van der Waals surface area contributed by atoms with Gasteiger partial charge in [-0.2, -0.15) is 0 Å². The molecule has 31 heteroatoms. The maximum atomic E-state index is 13.1. The second-order valence-corrected chi connectivity index (χ2v) is 18.2. The van der Waals surface area contributed by atoms with Crippen LogP contribution in [0, 0.1) is 4.91 Å². The number of hydrogen-bond donors (Lipinski definition) is 11. The Hall–Kier alpha value is -7.06. The van der Waals surface area contributed by atoms with Gasteiger partial charge >= 0.3 is 35.8 Å². The standard InChI is InChI=1S/C48H78N8O23/c1-3-10-40(62)52-48(30-77-22-14-37(59)49-17-7-4-11-34(45(70)71)54(20-21-57)25-33(2)58,32-79-24-16-39(61)51-19-9-6-13-36(47(74)75)56(28-43(66)67)29-44(68)69)31-78-23-15-38(60)50-18-8-5-12-35(46(72)73)55(27-42(64)65)26-41(63)53-76/h21,34-36,58H,2-20,22-32H2,1H3,(H,49,59)(H,50,60)(H,51,61)(H,52,62)(H,64,65)(H,66,67)(H,68,69)(H,70,71)(H,72,73)(H,74,75). The monoisotopic (exact) mass is 1130 g/mol. The van der Waals surface area contributed by atoms with Crippen LogP contribution < -0.4 is 21.3 Å². The largest absolute Gasteiger partial charge is 0.512 e. The molecule has 448 valence electrons. The van der Waals surface area contributed by atoms with Gasteiger partial charge < -0.3 is 76.0 Å². The molecule has 0 radical (unpaired) electrons. The Balaban J connectivity index is 5.74. The number of carbonyl (C=O) groups is 12. The first-order valence-electron chi connectivity index (χ1n) is 25.5. The molecule has 0 heterocycles. The van der Waals surface area contributed by atoms with Crippen LogP contribution in [0.5, 0.6) is 0 Å². The molecule has 4 atom stereocenters. The van der Waals surface area contributed by atoms with Crippen molar-refractivity contribution in [2.75, 3.05) is 98.5 Å². The molecule has 0 aromatic rings. The maximum absolute atomic E-state index is 13.1. The van der Waals surface area contributed by atoms with Crippen molar-refractivity contribution in [1.82, 2.24) is 36.0 Å². The predicted molar refractivity (Wildman–Crippen MR) is 273 cm³/mol. The summed E-state index contributed by atoms with van der Waals surface area (Å²) in [7, 11) is 0. The molecule has 11 N–H and O–H groups in total. The molecule has 0 bridgehead atoms. The molecule has 0 fully saturated rings. The summed E-state index contributed by atoms with van der Waals surface area (Å²) in [5.41, 5.74) is -1.45. The highest BCUT2D eigenvalue weighted by Crippen LogP contribution is 2.15. The number of aldehydes is 1. The van der Waals surface area contributed by atoms with E-state index < -0.39 is 115 Å².